The molecule has 1 aliphatic rings. The van der Waals surface area contributed by atoms with E-state index in [9.17, 15) is 4.79 Å². The van der Waals surface area contributed by atoms with Gasteiger partial charge in [-0.05, 0) is 76.7 Å². The van der Waals surface area contributed by atoms with Crippen molar-refractivity contribution in [2.24, 2.45) is 0 Å². The highest BCUT2D eigenvalue weighted by Crippen LogP contribution is 2.30. The summed E-state index contributed by atoms with van der Waals surface area (Å²) in [5.41, 5.74) is 5.21. The number of ether oxygens (including phenoxy) is 1. The number of ketones is 1. The van der Waals surface area contributed by atoms with Gasteiger partial charge in [0.15, 0.2) is 0 Å². The fourth-order valence-electron chi connectivity index (χ4n) is 4.61. The van der Waals surface area contributed by atoms with Crippen molar-refractivity contribution in [3.05, 3.63) is 107 Å². The lowest BCUT2D eigenvalue weighted by atomic mass is 10.0. The largest absolute Gasteiger partial charge is 0.489 e. The van der Waals surface area contributed by atoms with Crippen molar-refractivity contribution in [2.45, 2.75) is 25.9 Å². The Morgan fingerprint density at radius 2 is 1.82 bits per heavy atom. The van der Waals surface area contributed by atoms with E-state index in [2.05, 4.69) is 26.3 Å². The standard InChI is InChI=1S/C31H31ClN4O2/c32-27-7-6-26(30(20-27)25-11-13-35-31(19-25)36-16-14-33-15-17-36)22-38-29-9-4-23(5-10-29)18-28(37)8-3-24-2-1-12-34-21-24/h1-2,4-7,9-13,19-21,33H,3,8,14-18,22H2. The average molecular weight is 527 g/mol. The van der Waals surface area contributed by atoms with E-state index in [0.29, 0.717) is 30.9 Å². The summed E-state index contributed by atoms with van der Waals surface area (Å²) in [6.45, 7) is 4.20. The van der Waals surface area contributed by atoms with Gasteiger partial charge in [-0.1, -0.05) is 35.9 Å². The van der Waals surface area contributed by atoms with Gasteiger partial charge in [0, 0.05) is 62.6 Å². The summed E-state index contributed by atoms with van der Waals surface area (Å²) in [6, 6.07) is 21.7. The number of nitrogens with zero attached hydrogens (tertiary/aromatic N) is 3. The molecule has 0 aliphatic carbocycles. The highest BCUT2D eigenvalue weighted by molar-refractivity contribution is 6.30. The number of benzene rings is 2. The molecule has 0 unspecified atom stereocenters. The van der Waals surface area contributed by atoms with Gasteiger partial charge in [-0.3, -0.25) is 9.78 Å². The van der Waals surface area contributed by atoms with E-state index in [1.54, 1.807) is 6.20 Å². The molecule has 6 nitrogen and oxygen atoms in total. The van der Waals surface area contributed by atoms with E-state index >= 15 is 0 Å². The molecule has 3 heterocycles. The molecule has 2 aromatic heterocycles. The number of Topliss-reactive ketones (excluding diaryl/α,β-unsaturated/α-hetero) is 1. The van der Waals surface area contributed by atoms with Crippen LogP contribution in [0.15, 0.2) is 85.3 Å². The summed E-state index contributed by atoms with van der Waals surface area (Å²) in [4.78, 5) is 23.4. The number of hydrogen-bond acceptors (Lipinski definition) is 6. The molecule has 1 saturated heterocycles. The van der Waals surface area contributed by atoms with Gasteiger partial charge in [-0.2, -0.15) is 0 Å². The van der Waals surface area contributed by atoms with Crippen molar-refractivity contribution in [3.8, 4) is 16.9 Å². The lowest BCUT2D eigenvalue weighted by Crippen LogP contribution is -2.43. The maximum Gasteiger partial charge on any atom is 0.137 e. The number of carbonyl (C=O) groups is 1. The minimum atomic E-state index is 0.214. The Bertz CT molecular complexity index is 1360. The summed E-state index contributed by atoms with van der Waals surface area (Å²) >= 11 is 6.38. The third-order valence-electron chi connectivity index (χ3n) is 6.70. The number of hydrogen-bond donors (Lipinski definition) is 1. The van der Waals surface area contributed by atoms with E-state index < -0.39 is 0 Å². The number of nitrogens with one attached hydrogen (secondary N) is 1. The van der Waals surface area contributed by atoms with Gasteiger partial charge in [0.05, 0.1) is 0 Å². The van der Waals surface area contributed by atoms with Gasteiger partial charge >= 0.3 is 0 Å². The normalized spacial score (nSPS) is 13.3. The Balaban J connectivity index is 1.21. The Labute approximate surface area is 228 Å². The zero-order valence-corrected chi connectivity index (χ0v) is 22.0. The van der Waals surface area contributed by atoms with Crippen LogP contribution in [0.1, 0.15) is 23.1 Å². The highest BCUT2D eigenvalue weighted by Gasteiger charge is 2.14. The molecule has 0 amide bonds. The van der Waals surface area contributed by atoms with Crippen LogP contribution in [0.5, 0.6) is 5.75 Å². The van der Waals surface area contributed by atoms with Crippen LogP contribution in [-0.4, -0.2) is 41.9 Å². The Morgan fingerprint density at radius 3 is 2.61 bits per heavy atom. The van der Waals surface area contributed by atoms with Crippen molar-refractivity contribution in [1.29, 1.82) is 0 Å². The molecule has 1 N–H and O–H groups in total. The van der Waals surface area contributed by atoms with Crippen LogP contribution in [0.25, 0.3) is 11.1 Å². The van der Waals surface area contributed by atoms with Crippen LogP contribution in [0, 0.1) is 0 Å². The summed E-state index contributed by atoms with van der Waals surface area (Å²) < 4.78 is 6.14. The summed E-state index contributed by atoms with van der Waals surface area (Å²) in [5.74, 6) is 1.95. The van der Waals surface area contributed by atoms with Crippen LogP contribution in [-0.2, 0) is 24.2 Å². The van der Waals surface area contributed by atoms with Gasteiger partial charge in [0.25, 0.3) is 0 Å². The van der Waals surface area contributed by atoms with Gasteiger partial charge in [-0.25, -0.2) is 4.98 Å². The Kier molecular flexibility index (Phi) is 8.64. The van der Waals surface area contributed by atoms with E-state index in [4.69, 9.17) is 16.3 Å². The number of piperazine rings is 1. The van der Waals surface area contributed by atoms with Gasteiger partial charge in [0.2, 0.25) is 0 Å². The second-order valence-electron chi connectivity index (χ2n) is 9.45. The predicted octanol–water partition coefficient (Wildman–Crippen LogP) is 5.53. The molecular weight excluding hydrogens is 496 g/mol. The molecule has 0 saturated carbocycles. The number of anilines is 1. The SMILES string of the molecule is O=C(CCc1cccnc1)Cc1ccc(OCc2ccc(Cl)cc2-c2ccnc(N3CCNCC3)c2)cc1. The van der Waals surface area contributed by atoms with E-state index in [-0.39, 0.29) is 5.78 Å². The minimum absolute atomic E-state index is 0.214. The zero-order valence-electron chi connectivity index (χ0n) is 21.3. The first-order chi connectivity index (χ1) is 18.6. The number of aromatic nitrogens is 2. The quantitative estimate of drug-likeness (QED) is 0.293. The van der Waals surface area contributed by atoms with E-state index in [0.717, 1.165) is 65.6 Å². The number of aryl methyl sites for hydroxylation is 1. The molecule has 5 rings (SSSR count). The van der Waals surface area contributed by atoms with Gasteiger partial charge in [-0.15, -0.1) is 0 Å². The summed E-state index contributed by atoms with van der Waals surface area (Å²) in [5, 5.41) is 4.06. The fraction of sp³-hybridized carbons (Fsp3) is 0.258. The first-order valence-corrected chi connectivity index (χ1v) is 13.3. The summed E-state index contributed by atoms with van der Waals surface area (Å²) in [7, 11) is 0. The van der Waals surface area contributed by atoms with Crippen molar-refractivity contribution in [3.63, 3.8) is 0 Å². The van der Waals surface area contributed by atoms with E-state index in [1.807, 2.05) is 73.1 Å². The molecule has 0 radical (unpaired) electrons. The second kappa shape index (κ2) is 12.7. The molecule has 194 valence electrons. The maximum atomic E-state index is 12.4. The van der Waals surface area contributed by atoms with Crippen LogP contribution in [0.4, 0.5) is 5.82 Å². The number of rotatable bonds is 10. The van der Waals surface area contributed by atoms with E-state index in [1.165, 1.54) is 0 Å². The molecule has 38 heavy (non-hydrogen) atoms. The first-order valence-electron chi connectivity index (χ1n) is 13.0. The van der Waals surface area contributed by atoms with Crippen molar-refractivity contribution in [1.82, 2.24) is 15.3 Å². The van der Waals surface area contributed by atoms with Crippen molar-refractivity contribution in [2.75, 3.05) is 31.1 Å². The zero-order chi connectivity index (χ0) is 26.2. The van der Waals surface area contributed by atoms with Crippen LogP contribution in [0.3, 0.4) is 0 Å². The van der Waals surface area contributed by atoms with Crippen molar-refractivity contribution >= 4 is 23.2 Å². The average Bonchev–Trinajstić information content (AvgIpc) is 2.97. The third-order valence-corrected chi connectivity index (χ3v) is 6.94. The number of carbonyl (C=O) groups excluding carboxylic acids is 1. The molecule has 0 atom stereocenters. The fourth-order valence-corrected chi connectivity index (χ4v) is 4.78. The van der Waals surface area contributed by atoms with Crippen LogP contribution < -0.4 is 15.0 Å². The molecule has 0 spiro atoms. The first kappa shape index (κ1) is 25.9. The minimum Gasteiger partial charge on any atom is -0.489 e. The maximum absolute atomic E-state index is 12.4. The molecule has 2 aromatic carbocycles. The molecule has 1 aliphatic heterocycles. The highest BCUT2D eigenvalue weighted by atomic mass is 35.5. The summed E-state index contributed by atoms with van der Waals surface area (Å²) in [6.07, 6.45) is 7.05. The van der Waals surface area contributed by atoms with Crippen LogP contribution >= 0.6 is 11.6 Å². The smallest absolute Gasteiger partial charge is 0.137 e. The van der Waals surface area contributed by atoms with Crippen molar-refractivity contribution < 1.29 is 9.53 Å². The molecule has 1 fully saturated rings. The Hall–Kier alpha value is -3.74. The number of pyridine rings is 2. The van der Waals surface area contributed by atoms with Gasteiger partial charge in [0.1, 0.15) is 24.0 Å². The lowest BCUT2D eigenvalue weighted by molar-refractivity contribution is -0.118. The predicted molar refractivity (Wildman–Crippen MR) is 152 cm³/mol. The molecule has 4 aromatic rings. The van der Waals surface area contributed by atoms with Gasteiger partial charge < -0.3 is 15.0 Å². The molecule has 0 bridgehead atoms. The molecule has 7 heteroatoms. The number of halogens is 1. The Morgan fingerprint density at radius 1 is 0.974 bits per heavy atom. The topological polar surface area (TPSA) is 67.3 Å². The molecular formula is C31H31ClN4O2. The monoisotopic (exact) mass is 526 g/mol. The third kappa shape index (κ3) is 6.97. The lowest BCUT2D eigenvalue weighted by Gasteiger charge is -2.28. The van der Waals surface area contributed by atoms with Crippen LogP contribution in [0.2, 0.25) is 5.02 Å². The second-order valence-corrected chi connectivity index (χ2v) is 9.89.